The van der Waals surface area contributed by atoms with E-state index in [1.54, 1.807) is 29.2 Å². The normalized spacial score (nSPS) is 15.1. The molecule has 1 aromatic carbocycles. The van der Waals surface area contributed by atoms with Gasteiger partial charge in [0.05, 0.1) is 11.7 Å². The second-order valence-electron chi connectivity index (χ2n) is 7.33. The number of aromatic nitrogens is 4. The van der Waals surface area contributed by atoms with E-state index in [4.69, 9.17) is 4.74 Å². The van der Waals surface area contributed by atoms with Gasteiger partial charge in [0.2, 0.25) is 0 Å². The van der Waals surface area contributed by atoms with Gasteiger partial charge in [-0.1, -0.05) is 12.1 Å². The number of hydrogen-bond acceptors (Lipinski definition) is 6. The van der Waals surface area contributed by atoms with Gasteiger partial charge in [-0.2, -0.15) is 4.52 Å². The lowest BCUT2D eigenvalue weighted by Gasteiger charge is -2.32. The first kappa shape index (κ1) is 19.1. The highest BCUT2D eigenvalue weighted by Gasteiger charge is 2.24. The van der Waals surface area contributed by atoms with Crippen LogP contribution in [0.5, 0.6) is 0 Å². The van der Waals surface area contributed by atoms with E-state index in [0.29, 0.717) is 35.9 Å². The number of nitrogens with one attached hydrogen (secondary N) is 1. The zero-order chi connectivity index (χ0) is 20.4. The maximum atomic E-state index is 14.2. The van der Waals surface area contributed by atoms with Gasteiger partial charge in [-0.15, -0.1) is 15.3 Å². The zero-order valence-electron chi connectivity index (χ0n) is 16.4. The molecule has 1 fully saturated rings. The summed E-state index contributed by atoms with van der Waals surface area (Å²) in [5, 5.41) is 16.1. The number of hydrogen-bond donors (Lipinski definition) is 1. The first-order valence-electron chi connectivity index (χ1n) is 9.70. The molecule has 0 aliphatic carbocycles. The molecule has 0 unspecified atom stereocenters. The highest BCUT2D eigenvalue weighted by Crippen LogP contribution is 2.22. The molecular formula is C20H23FN6O2. The number of ether oxygens (including phenoxy) is 1. The van der Waals surface area contributed by atoms with Crippen molar-refractivity contribution in [1.82, 2.24) is 24.7 Å². The third-order valence-electron chi connectivity index (χ3n) is 4.82. The zero-order valence-corrected chi connectivity index (χ0v) is 16.4. The Kier molecular flexibility index (Phi) is 5.28. The summed E-state index contributed by atoms with van der Waals surface area (Å²) in [6.07, 6.45) is 1.18. The van der Waals surface area contributed by atoms with Gasteiger partial charge >= 0.3 is 6.09 Å². The molecule has 3 heterocycles. The van der Waals surface area contributed by atoms with E-state index in [1.165, 1.54) is 10.6 Å². The van der Waals surface area contributed by atoms with E-state index in [9.17, 15) is 9.18 Å². The van der Waals surface area contributed by atoms with Crippen LogP contribution in [0, 0.1) is 5.82 Å². The molecule has 1 aliphatic rings. The van der Waals surface area contributed by atoms with Gasteiger partial charge in [-0.05, 0) is 51.0 Å². The predicted molar refractivity (Wildman–Crippen MR) is 106 cm³/mol. The van der Waals surface area contributed by atoms with Crippen LogP contribution in [0.3, 0.4) is 0 Å². The quantitative estimate of drug-likeness (QED) is 0.726. The van der Waals surface area contributed by atoms with Crippen LogP contribution in [0.4, 0.5) is 15.0 Å². The summed E-state index contributed by atoms with van der Waals surface area (Å²) >= 11 is 0. The number of likely N-dealkylation sites (tertiary alicyclic amines) is 1. The minimum Gasteiger partial charge on any atom is -0.447 e. The van der Waals surface area contributed by atoms with Crippen molar-refractivity contribution in [2.75, 3.05) is 18.4 Å². The third kappa shape index (κ3) is 4.13. The van der Waals surface area contributed by atoms with Gasteiger partial charge in [-0.25, -0.2) is 9.18 Å². The second-order valence-corrected chi connectivity index (χ2v) is 7.33. The molecule has 0 bridgehead atoms. The number of nitrogens with zero attached hydrogens (tertiary/aromatic N) is 5. The number of carbonyl (C=O) groups is 1. The van der Waals surface area contributed by atoms with Crippen LogP contribution in [-0.4, -0.2) is 56.0 Å². The van der Waals surface area contributed by atoms with E-state index in [1.807, 2.05) is 19.9 Å². The molecule has 1 aliphatic heterocycles. The van der Waals surface area contributed by atoms with E-state index >= 15 is 0 Å². The number of benzene rings is 1. The summed E-state index contributed by atoms with van der Waals surface area (Å²) in [4.78, 5) is 13.7. The number of rotatable bonds is 4. The molecule has 9 heteroatoms. The van der Waals surface area contributed by atoms with E-state index in [0.717, 1.165) is 12.8 Å². The van der Waals surface area contributed by atoms with Crippen molar-refractivity contribution in [3.8, 4) is 11.4 Å². The molecule has 29 heavy (non-hydrogen) atoms. The van der Waals surface area contributed by atoms with Crippen molar-refractivity contribution >= 4 is 17.6 Å². The minimum atomic E-state index is -0.373. The van der Waals surface area contributed by atoms with Gasteiger partial charge in [0, 0.05) is 19.1 Å². The lowest BCUT2D eigenvalue weighted by molar-refractivity contribution is 0.0701. The maximum absolute atomic E-state index is 14.2. The Morgan fingerprint density at radius 2 is 1.93 bits per heavy atom. The fourth-order valence-electron chi connectivity index (χ4n) is 3.37. The summed E-state index contributed by atoms with van der Waals surface area (Å²) in [7, 11) is 0. The Balaban J connectivity index is 1.47. The van der Waals surface area contributed by atoms with Crippen molar-refractivity contribution in [2.45, 2.75) is 38.8 Å². The van der Waals surface area contributed by atoms with Gasteiger partial charge in [-0.3, -0.25) is 0 Å². The highest BCUT2D eigenvalue weighted by molar-refractivity contribution is 5.68. The van der Waals surface area contributed by atoms with E-state index in [2.05, 4.69) is 20.6 Å². The van der Waals surface area contributed by atoms with Gasteiger partial charge in [0.15, 0.2) is 11.5 Å². The molecule has 0 atom stereocenters. The molecule has 0 radical (unpaired) electrons. The van der Waals surface area contributed by atoms with E-state index in [-0.39, 0.29) is 24.1 Å². The molecule has 8 nitrogen and oxygen atoms in total. The molecular weight excluding hydrogens is 375 g/mol. The summed E-state index contributed by atoms with van der Waals surface area (Å²) < 4.78 is 21.0. The summed E-state index contributed by atoms with van der Waals surface area (Å²) in [5.74, 6) is 0.633. The predicted octanol–water partition coefficient (Wildman–Crippen LogP) is 3.35. The van der Waals surface area contributed by atoms with Crippen molar-refractivity contribution in [1.29, 1.82) is 0 Å². The lowest BCUT2D eigenvalue weighted by atomic mass is 10.1. The second kappa shape index (κ2) is 8.02. The summed E-state index contributed by atoms with van der Waals surface area (Å²) in [6.45, 7) is 4.93. The number of halogens is 1. The number of fused-ring (bicyclic) bond motifs is 1. The molecule has 152 valence electrons. The Hall–Kier alpha value is -3.23. The number of piperidine rings is 1. The first-order chi connectivity index (χ1) is 14.0. The van der Waals surface area contributed by atoms with Crippen molar-refractivity contribution in [3.63, 3.8) is 0 Å². The van der Waals surface area contributed by atoms with Gasteiger partial charge < -0.3 is 15.0 Å². The van der Waals surface area contributed by atoms with Crippen LogP contribution in [0.1, 0.15) is 26.7 Å². The van der Waals surface area contributed by atoms with Crippen LogP contribution in [0.15, 0.2) is 36.4 Å². The maximum Gasteiger partial charge on any atom is 0.410 e. The Bertz CT molecular complexity index is 1010. The first-order valence-corrected chi connectivity index (χ1v) is 9.70. The molecule has 1 N–H and O–H groups in total. The average molecular weight is 398 g/mol. The fraction of sp³-hybridized carbons (Fsp3) is 0.400. The monoisotopic (exact) mass is 398 g/mol. The number of anilines is 1. The van der Waals surface area contributed by atoms with Crippen LogP contribution >= 0.6 is 0 Å². The van der Waals surface area contributed by atoms with Crippen LogP contribution in [-0.2, 0) is 4.74 Å². The molecule has 4 rings (SSSR count). The van der Waals surface area contributed by atoms with Crippen LogP contribution in [0.25, 0.3) is 17.0 Å². The van der Waals surface area contributed by atoms with Crippen molar-refractivity contribution in [2.24, 2.45) is 0 Å². The largest absolute Gasteiger partial charge is 0.447 e. The molecule has 0 spiro atoms. The molecule has 3 aromatic rings. The summed E-state index contributed by atoms with van der Waals surface area (Å²) in [6, 6.07) is 10.2. The Morgan fingerprint density at radius 3 is 2.66 bits per heavy atom. The number of carbonyl (C=O) groups excluding carboxylic acids is 1. The fourth-order valence-corrected chi connectivity index (χ4v) is 3.37. The number of amides is 1. The highest BCUT2D eigenvalue weighted by atomic mass is 19.1. The van der Waals surface area contributed by atoms with Gasteiger partial charge in [0.1, 0.15) is 11.6 Å². The average Bonchev–Trinajstić information content (AvgIpc) is 3.11. The standard InChI is InChI=1S/C20H23FN6O2/c1-13(2)29-20(28)26-11-9-14(10-12-26)22-17-7-8-18-23-24-19(27(18)25-17)15-5-3-4-6-16(15)21/h3-8,13-14H,9-12H2,1-2H3,(H,22,25). The molecule has 1 saturated heterocycles. The molecule has 1 amide bonds. The molecule has 0 saturated carbocycles. The summed E-state index contributed by atoms with van der Waals surface area (Å²) in [5.41, 5.74) is 0.890. The van der Waals surface area contributed by atoms with Crippen LogP contribution < -0.4 is 5.32 Å². The minimum absolute atomic E-state index is 0.123. The molecule has 2 aromatic heterocycles. The van der Waals surface area contributed by atoms with Crippen molar-refractivity contribution in [3.05, 3.63) is 42.2 Å². The van der Waals surface area contributed by atoms with Gasteiger partial charge in [0.25, 0.3) is 0 Å². The Labute approximate surface area is 167 Å². The van der Waals surface area contributed by atoms with E-state index < -0.39 is 0 Å². The topological polar surface area (TPSA) is 84.6 Å². The smallest absolute Gasteiger partial charge is 0.410 e. The van der Waals surface area contributed by atoms with Crippen LogP contribution in [0.2, 0.25) is 0 Å². The SMILES string of the molecule is CC(C)OC(=O)N1CCC(Nc2ccc3nnc(-c4ccccc4F)n3n2)CC1. The third-order valence-corrected chi connectivity index (χ3v) is 4.82. The van der Waals surface area contributed by atoms with Crippen molar-refractivity contribution < 1.29 is 13.9 Å². The Morgan fingerprint density at radius 1 is 1.17 bits per heavy atom. The lowest BCUT2D eigenvalue weighted by Crippen LogP contribution is -2.43.